The molecule has 3 heteroatoms. The van der Waals surface area contributed by atoms with Gasteiger partial charge in [-0.05, 0) is 58.7 Å². The van der Waals surface area contributed by atoms with Crippen LogP contribution in [-0.2, 0) is 0 Å². The maximum Gasteiger partial charge on any atom is 0.131 e. The molecule has 0 saturated carbocycles. The van der Waals surface area contributed by atoms with Crippen molar-refractivity contribution in [3.8, 4) is 0 Å². The van der Waals surface area contributed by atoms with Crippen LogP contribution in [0.15, 0.2) is 24.4 Å². The summed E-state index contributed by atoms with van der Waals surface area (Å²) in [5.41, 5.74) is 7.00. The van der Waals surface area contributed by atoms with E-state index in [9.17, 15) is 0 Å². The Bertz CT molecular complexity index is 466. The average molecular weight is 284 g/mol. The van der Waals surface area contributed by atoms with Crippen LogP contribution in [-0.4, -0.2) is 4.98 Å². The molecule has 0 aliphatic rings. The van der Waals surface area contributed by atoms with Crippen molar-refractivity contribution in [1.29, 1.82) is 0 Å². The van der Waals surface area contributed by atoms with Gasteiger partial charge in [0.25, 0.3) is 0 Å². The van der Waals surface area contributed by atoms with E-state index in [0.717, 1.165) is 10.8 Å². The Kier molecular flexibility index (Phi) is 2.11. The van der Waals surface area contributed by atoms with Gasteiger partial charge in [-0.1, -0.05) is 0 Å². The fourth-order valence-electron chi connectivity index (χ4n) is 1.32. The molecule has 0 saturated heterocycles. The van der Waals surface area contributed by atoms with Crippen LogP contribution in [0, 0.1) is 10.5 Å². The molecule has 2 rings (SSSR count). The standard InChI is InChI=1S/C10H9IN2/c1-6-4-8-7(5-9(6)11)2-3-13-10(8)12/h2-5H,1H3,(H2,12,13). The number of aryl methyl sites for hydroxylation is 1. The Labute approximate surface area is 90.3 Å². The van der Waals surface area contributed by atoms with Gasteiger partial charge in [-0.25, -0.2) is 4.98 Å². The SMILES string of the molecule is Cc1cc2c(N)nccc2cc1I. The number of hydrogen-bond acceptors (Lipinski definition) is 2. The topological polar surface area (TPSA) is 38.9 Å². The van der Waals surface area contributed by atoms with Gasteiger partial charge in [0.05, 0.1) is 0 Å². The molecule has 0 unspecified atom stereocenters. The van der Waals surface area contributed by atoms with Crippen LogP contribution in [0.1, 0.15) is 5.56 Å². The molecule has 0 aliphatic heterocycles. The van der Waals surface area contributed by atoms with Gasteiger partial charge in [0, 0.05) is 15.2 Å². The maximum absolute atomic E-state index is 5.76. The van der Waals surface area contributed by atoms with Gasteiger partial charge in [-0.3, -0.25) is 0 Å². The van der Waals surface area contributed by atoms with Crippen LogP contribution in [0.25, 0.3) is 10.8 Å². The van der Waals surface area contributed by atoms with E-state index in [0.29, 0.717) is 5.82 Å². The second-order valence-corrected chi connectivity index (χ2v) is 4.18. The fraction of sp³-hybridized carbons (Fsp3) is 0.100. The van der Waals surface area contributed by atoms with E-state index in [1.165, 1.54) is 9.13 Å². The Morgan fingerprint density at radius 2 is 2.15 bits per heavy atom. The van der Waals surface area contributed by atoms with Crippen LogP contribution in [0.3, 0.4) is 0 Å². The van der Waals surface area contributed by atoms with Crippen molar-refractivity contribution < 1.29 is 0 Å². The first-order valence-corrected chi connectivity index (χ1v) is 5.06. The van der Waals surface area contributed by atoms with Crippen LogP contribution in [0.5, 0.6) is 0 Å². The van der Waals surface area contributed by atoms with E-state index in [-0.39, 0.29) is 0 Å². The van der Waals surface area contributed by atoms with Gasteiger partial charge in [0.2, 0.25) is 0 Å². The van der Waals surface area contributed by atoms with Crippen molar-refractivity contribution in [3.05, 3.63) is 33.5 Å². The molecule has 2 N–H and O–H groups in total. The highest BCUT2D eigenvalue weighted by Crippen LogP contribution is 2.23. The number of anilines is 1. The zero-order valence-electron chi connectivity index (χ0n) is 7.21. The van der Waals surface area contributed by atoms with Gasteiger partial charge >= 0.3 is 0 Å². The molecule has 0 amide bonds. The van der Waals surface area contributed by atoms with Crippen molar-refractivity contribution in [1.82, 2.24) is 4.98 Å². The third-order valence-corrected chi connectivity index (χ3v) is 3.24. The summed E-state index contributed by atoms with van der Waals surface area (Å²) in [5, 5.41) is 2.20. The van der Waals surface area contributed by atoms with Crippen LogP contribution < -0.4 is 5.73 Å². The second kappa shape index (κ2) is 3.14. The zero-order chi connectivity index (χ0) is 9.42. The quantitative estimate of drug-likeness (QED) is 0.755. The third kappa shape index (κ3) is 1.48. The fourth-order valence-corrected chi connectivity index (χ4v) is 1.82. The van der Waals surface area contributed by atoms with Crippen molar-refractivity contribution in [2.24, 2.45) is 0 Å². The molecule has 0 radical (unpaired) electrons. The number of aromatic nitrogens is 1. The van der Waals surface area contributed by atoms with Gasteiger partial charge in [0.1, 0.15) is 5.82 Å². The largest absolute Gasteiger partial charge is 0.383 e. The highest BCUT2D eigenvalue weighted by Gasteiger charge is 2.01. The van der Waals surface area contributed by atoms with Crippen molar-refractivity contribution >= 4 is 39.2 Å². The normalized spacial score (nSPS) is 10.6. The third-order valence-electron chi connectivity index (χ3n) is 2.07. The highest BCUT2D eigenvalue weighted by atomic mass is 127. The molecule has 0 atom stereocenters. The molecule has 0 aliphatic carbocycles. The van der Waals surface area contributed by atoms with Gasteiger partial charge in [0.15, 0.2) is 0 Å². The molecular formula is C10H9IN2. The molecule has 0 spiro atoms. The zero-order valence-corrected chi connectivity index (χ0v) is 9.37. The van der Waals surface area contributed by atoms with E-state index in [1.54, 1.807) is 6.20 Å². The lowest BCUT2D eigenvalue weighted by Gasteiger charge is -2.03. The van der Waals surface area contributed by atoms with E-state index in [2.05, 4.69) is 46.6 Å². The second-order valence-electron chi connectivity index (χ2n) is 3.02. The van der Waals surface area contributed by atoms with Crippen LogP contribution >= 0.6 is 22.6 Å². The van der Waals surface area contributed by atoms with E-state index < -0.39 is 0 Å². The maximum atomic E-state index is 5.76. The first-order valence-electron chi connectivity index (χ1n) is 3.99. The van der Waals surface area contributed by atoms with Crippen molar-refractivity contribution in [2.75, 3.05) is 5.73 Å². The summed E-state index contributed by atoms with van der Waals surface area (Å²) >= 11 is 2.32. The molecule has 0 fully saturated rings. The van der Waals surface area contributed by atoms with E-state index >= 15 is 0 Å². The smallest absolute Gasteiger partial charge is 0.131 e. The first kappa shape index (κ1) is 8.74. The van der Waals surface area contributed by atoms with Crippen molar-refractivity contribution in [3.63, 3.8) is 0 Å². The Balaban J connectivity index is 2.89. The molecule has 2 nitrogen and oxygen atoms in total. The summed E-state index contributed by atoms with van der Waals surface area (Å²) in [4.78, 5) is 4.05. The number of rotatable bonds is 0. The van der Waals surface area contributed by atoms with Gasteiger partial charge in [-0.15, -0.1) is 0 Å². The highest BCUT2D eigenvalue weighted by molar-refractivity contribution is 14.1. The van der Waals surface area contributed by atoms with Crippen molar-refractivity contribution in [2.45, 2.75) is 6.92 Å². The molecule has 1 aromatic carbocycles. The minimum Gasteiger partial charge on any atom is -0.383 e. The predicted octanol–water partition coefficient (Wildman–Crippen LogP) is 2.73. The number of benzene rings is 1. The van der Waals surface area contributed by atoms with Gasteiger partial charge in [-0.2, -0.15) is 0 Å². The minimum absolute atomic E-state index is 0.608. The number of hydrogen-bond donors (Lipinski definition) is 1. The number of nitrogens with two attached hydrogens (primary N) is 1. The molecular weight excluding hydrogens is 275 g/mol. The minimum atomic E-state index is 0.608. The summed E-state index contributed by atoms with van der Waals surface area (Å²) in [6, 6.07) is 6.19. The molecule has 13 heavy (non-hydrogen) atoms. The number of pyridine rings is 1. The van der Waals surface area contributed by atoms with Crippen LogP contribution in [0.2, 0.25) is 0 Å². The van der Waals surface area contributed by atoms with E-state index in [4.69, 9.17) is 5.73 Å². The lowest BCUT2D eigenvalue weighted by atomic mass is 10.1. The summed E-state index contributed by atoms with van der Waals surface area (Å²) in [6.45, 7) is 2.08. The Morgan fingerprint density at radius 1 is 1.38 bits per heavy atom. The number of nitrogen functional groups attached to an aromatic ring is 1. The Morgan fingerprint density at radius 3 is 2.92 bits per heavy atom. The summed E-state index contributed by atoms with van der Waals surface area (Å²) in [7, 11) is 0. The predicted molar refractivity (Wildman–Crippen MR) is 63.6 cm³/mol. The number of fused-ring (bicyclic) bond motifs is 1. The summed E-state index contributed by atoms with van der Waals surface area (Å²) in [5.74, 6) is 0.608. The molecule has 2 aromatic rings. The number of halogens is 1. The molecule has 1 heterocycles. The lowest BCUT2D eigenvalue weighted by molar-refractivity contribution is 1.36. The Hall–Kier alpha value is -0.840. The number of nitrogens with zero attached hydrogens (tertiary/aromatic N) is 1. The molecule has 0 bridgehead atoms. The average Bonchev–Trinajstić information content (AvgIpc) is 2.09. The van der Waals surface area contributed by atoms with E-state index in [1.807, 2.05) is 6.07 Å². The molecule has 66 valence electrons. The lowest BCUT2D eigenvalue weighted by Crippen LogP contribution is -1.92. The molecule has 1 aromatic heterocycles. The van der Waals surface area contributed by atoms with Gasteiger partial charge < -0.3 is 5.73 Å². The van der Waals surface area contributed by atoms with Crippen LogP contribution in [0.4, 0.5) is 5.82 Å². The summed E-state index contributed by atoms with van der Waals surface area (Å²) in [6.07, 6.45) is 1.74. The summed E-state index contributed by atoms with van der Waals surface area (Å²) < 4.78 is 1.26. The first-order chi connectivity index (χ1) is 6.18. The monoisotopic (exact) mass is 284 g/mol.